The molecule has 0 aliphatic carbocycles. The number of anilines is 1. The molecule has 0 spiro atoms. The van der Waals surface area contributed by atoms with E-state index in [1.165, 1.54) is 6.07 Å². The molecule has 1 heterocycles. The van der Waals surface area contributed by atoms with Crippen LogP contribution in [-0.4, -0.2) is 22.9 Å². The van der Waals surface area contributed by atoms with Crippen molar-refractivity contribution in [3.05, 3.63) is 56.4 Å². The lowest BCUT2D eigenvalue weighted by atomic mass is 10.2. The molecular formula is C18H13BrClNO4S. The van der Waals surface area contributed by atoms with Crippen LogP contribution in [-0.2, 0) is 4.79 Å². The summed E-state index contributed by atoms with van der Waals surface area (Å²) >= 11 is 10.1. The van der Waals surface area contributed by atoms with Crippen LogP contribution >= 0.6 is 39.3 Å². The molecule has 2 aromatic carbocycles. The van der Waals surface area contributed by atoms with Crippen LogP contribution in [0.3, 0.4) is 0 Å². The van der Waals surface area contributed by atoms with Crippen molar-refractivity contribution < 1.29 is 19.4 Å². The van der Waals surface area contributed by atoms with Gasteiger partial charge in [-0.1, -0.05) is 27.5 Å². The monoisotopic (exact) mass is 453 g/mol. The van der Waals surface area contributed by atoms with Crippen LogP contribution in [0.5, 0.6) is 11.5 Å². The van der Waals surface area contributed by atoms with Gasteiger partial charge in [0.2, 0.25) is 0 Å². The largest absolute Gasteiger partial charge is 0.504 e. The van der Waals surface area contributed by atoms with Gasteiger partial charge < -0.3 is 9.84 Å². The second-order valence-electron chi connectivity index (χ2n) is 5.27. The maximum absolute atomic E-state index is 12.7. The molecule has 1 fully saturated rings. The van der Waals surface area contributed by atoms with Crippen LogP contribution in [0.4, 0.5) is 10.5 Å². The van der Waals surface area contributed by atoms with Gasteiger partial charge in [-0.25, -0.2) is 4.90 Å². The first-order valence-electron chi connectivity index (χ1n) is 7.59. The minimum atomic E-state index is -0.416. The number of carbonyl (C=O) groups excluding carboxylic acids is 2. The van der Waals surface area contributed by atoms with Crippen LogP contribution in [0.2, 0.25) is 5.02 Å². The van der Waals surface area contributed by atoms with E-state index in [1.807, 2.05) is 0 Å². The lowest BCUT2D eigenvalue weighted by Crippen LogP contribution is -2.27. The molecule has 2 aromatic rings. The molecule has 3 rings (SSSR count). The van der Waals surface area contributed by atoms with E-state index < -0.39 is 5.91 Å². The molecule has 0 bridgehead atoms. The summed E-state index contributed by atoms with van der Waals surface area (Å²) in [7, 11) is 0. The van der Waals surface area contributed by atoms with Crippen LogP contribution in [0.25, 0.3) is 6.08 Å². The molecule has 0 unspecified atom stereocenters. The average Bonchev–Trinajstić information content (AvgIpc) is 2.87. The summed E-state index contributed by atoms with van der Waals surface area (Å²) in [6, 6.07) is 9.57. The minimum absolute atomic E-state index is 0.00913. The van der Waals surface area contributed by atoms with Crippen molar-refractivity contribution in [2.24, 2.45) is 0 Å². The third-order valence-corrected chi connectivity index (χ3v) is 5.35. The second-order valence-corrected chi connectivity index (χ2v) is 7.55. The van der Waals surface area contributed by atoms with E-state index in [-0.39, 0.29) is 15.9 Å². The molecule has 134 valence electrons. The number of hydrogen-bond acceptors (Lipinski definition) is 5. The molecule has 1 saturated heterocycles. The van der Waals surface area contributed by atoms with Gasteiger partial charge in [0.15, 0.2) is 11.5 Å². The highest BCUT2D eigenvalue weighted by Crippen LogP contribution is 2.39. The van der Waals surface area contributed by atoms with Crippen molar-refractivity contribution in [1.29, 1.82) is 0 Å². The number of rotatable bonds is 4. The second kappa shape index (κ2) is 7.73. The molecule has 1 N–H and O–H groups in total. The number of imide groups is 1. The molecular weight excluding hydrogens is 442 g/mol. The summed E-state index contributed by atoms with van der Waals surface area (Å²) in [6.07, 6.45) is 1.59. The van der Waals surface area contributed by atoms with E-state index in [9.17, 15) is 14.7 Å². The number of thioether (sulfide) groups is 1. The van der Waals surface area contributed by atoms with Crippen molar-refractivity contribution in [2.45, 2.75) is 6.92 Å². The van der Waals surface area contributed by atoms with Gasteiger partial charge in [0.25, 0.3) is 11.1 Å². The van der Waals surface area contributed by atoms with Gasteiger partial charge in [-0.05, 0) is 66.7 Å². The number of aromatic hydroxyl groups is 1. The summed E-state index contributed by atoms with van der Waals surface area (Å²) in [6.45, 7) is 2.19. The van der Waals surface area contributed by atoms with Crippen molar-refractivity contribution in [3.63, 3.8) is 0 Å². The minimum Gasteiger partial charge on any atom is -0.504 e. The molecule has 0 aromatic heterocycles. The van der Waals surface area contributed by atoms with Crippen molar-refractivity contribution in [1.82, 2.24) is 0 Å². The van der Waals surface area contributed by atoms with Gasteiger partial charge in [0.05, 0.1) is 17.2 Å². The molecule has 2 amide bonds. The third kappa shape index (κ3) is 3.75. The number of nitrogens with zero attached hydrogens (tertiary/aromatic N) is 1. The Balaban J connectivity index is 1.95. The fourth-order valence-electron chi connectivity index (χ4n) is 2.36. The zero-order chi connectivity index (χ0) is 18.8. The number of halogens is 2. The predicted molar refractivity (Wildman–Crippen MR) is 107 cm³/mol. The lowest BCUT2D eigenvalue weighted by molar-refractivity contribution is -0.113. The van der Waals surface area contributed by atoms with Crippen molar-refractivity contribution in [3.8, 4) is 11.5 Å². The lowest BCUT2D eigenvalue weighted by Gasteiger charge is -2.12. The number of benzene rings is 2. The molecule has 5 nitrogen and oxygen atoms in total. The molecule has 8 heteroatoms. The number of ether oxygens (including phenoxy) is 1. The Morgan fingerprint density at radius 2 is 1.96 bits per heavy atom. The molecule has 1 aliphatic rings. The first kappa shape index (κ1) is 18.8. The Kier molecular flexibility index (Phi) is 5.60. The Morgan fingerprint density at radius 1 is 1.27 bits per heavy atom. The first-order chi connectivity index (χ1) is 12.4. The number of amides is 2. The summed E-state index contributed by atoms with van der Waals surface area (Å²) in [5, 5.41) is 10.0. The van der Waals surface area contributed by atoms with Crippen LogP contribution in [0, 0.1) is 0 Å². The zero-order valence-electron chi connectivity index (χ0n) is 13.5. The number of phenolic OH excluding ortho intramolecular Hbond substituents is 1. The van der Waals surface area contributed by atoms with E-state index in [4.69, 9.17) is 16.3 Å². The van der Waals surface area contributed by atoms with Gasteiger partial charge >= 0.3 is 0 Å². The maximum atomic E-state index is 12.7. The van der Waals surface area contributed by atoms with E-state index in [1.54, 1.807) is 43.3 Å². The molecule has 0 radical (unpaired) electrons. The topological polar surface area (TPSA) is 66.8 Å². The highest BCUT2D eigenvalue weighted by atomic mass is 79.9. The van der Waals surface area contributed by atoms with E-state index in [0.717, 1.165) is 16.7 Å². The van der Waals surface area contributed by atoms with Crippen molar-refractivity contribution >= 4 is 62.2 Å². The quantitative estimate of drug-likeness (QED) is 0.622. The molecule has 1 aliphatic heterocycles. The Hall–Kier alpha value is -1.96. The molecule has 26 heavy (non-hydrogen) atoms. The number of carbonyl (C=O) groups is 2. The Morgan fingerprint density at radius 3 is 2.62 bits per heavy atom. The first-order valence-corrected chi connectivity index (χ1v) is 9.58. The third-order valence-electron chi connectivity index (χ3n) is 3.54. The zero-order valence-corrected chi connectivity index (χ0v) is 16.7. The molecule has 0 saturated carbocycles. The fourth-order valence-corrected chi connectivity index (χ4v) is 3.77. The average molecular weight is 455 g/mol. The normalized spacial score (nSPS) is 15.8. The van der Waals surface area contributed by atoms with E-state index in [2.05, 4.69) is 15.9 Å². The van der Waals surface area contributed by atoms with Gasteiger partial charge in [-0.15, -0.1) is 0 Å². The Labute approximate surface area is 167 Å². The van der Waals surface area contributed by atoms with Gasteiger partial charge in [0, 0.05) is 9.50 Å². The summed E-state index contributed by atoms with van der Waals surface area (Å²) in [5.41, 5.74) is 1.08. The van der Waals surface area contributed by atoms with E-state index in [0.29, 0.717) is 33.1 Å². The molecule has 0 atom stereocenters. The van der Waals surface area contributed by atoms with Crippen molar-refractivity contribution in [2.75, 3.05) is 11.5 Å². The predicted octanol–water partition coefficient (Wildman–Crippen LogP) is 5.45. The smallest absolute Gasteiger partial charge is 0.298 e. The summed E-state index contributed by atoms with van der Waals surface area (Å²) in [4.78, 5) is 26.4. The Bertz CT molecular complexity index is 914. The maximum Gasteiger partial charge on any atom is 0.298 e. The number of phenols is 1. The fraction of sp³-hybridized carbons (Fsp3) is 0.111. The van der Waals surface area contributed by atoms with Gasteiger partial charge in [-0.3, -0.25) is 9.59 Å². The summed E-state index contributed by atoms with van der Waals surface area (Å²) in [5.74, 6) is -0.121. The van der Waals surface area contributed by atoms with Crippen LogP contribution in [0.15, 0.2) is 45.8 Å². The van der Waals surface area contributed by atoms with Crippen LogP contribution < -0.4 is 9.64 Å². The van der Waals surface area contributed by atoms with Gasteiger partial charge in [0.1, 0.15) is 0 Å². The van der Waals surface area contributed by atoms with Crippen LogP contribution in [0.1, 0.15) is 12.5 Å². The highest BCUT2D eigenvalue weighted by Gasteiger charge is 2.36. The van der Waals surface area contributed by atoms with Gasteiger partial charge in [-0.2, -0.15) is 0 Å². The SMILES string of the molecule is CCOc1cc(/C=C2/SC(=O)N(c3ccc(Cl)cc3)C2=O)c(Br)cc1O. The summed E-state index contributed by atoms with van der Waals surface area (Å²) < 4.78 is 5.95. The number of hydrogen-bond donors (Lipinski definition) is 1. The standard InChI is InChI=1S/C18H13BrClNO4S/c1-2-25-15-7-10(13(19)9-14(15)22)8-16-17(23)21(18(24)26-16)12-5-3-11(20)4-6-12/h3-9,22H,2H2,1H3/b16-8+. The van der Waals surface area contributed by atoms with E-state index >= 15 is 0 Å². The highest BCUT2D eigenvalue weighted by molar-refractivity contribution is 9.10.